The van der Waals surface area contributed by atoms with E-state index >= 15 is 0 Å². The van der Waals surface area contributed by atoms with Crippen molar-refractivity contribution in [3.63, 3.8) is 0 Å². The quantitative estimate of drug-likeness (QED) is 0.100. The normalized spacial score (nSPS) is 14.4. The molecule has 0 amide bonds. The molecule has 0 bridgehead atoms. The van der Waals surface area contributed by atoms with Gasteiger partial charge in [-0.15, -0.1) is 11.3 Å². The number of hydrogen-bond acceptors (Lipinski definition) is 8. The third kappa shape index (κ3) is 12.8. The highest BCUT2D eigenvalue weighted by molar-refractivity contribution is 7.33. The zero-order valence-corrected chi connectivity index (χ0v) is 68.8. The summed E-state index contributed by atoms with van der Waals surface area (Å²) < 4.78 is 9.92. The molecular weight excluding hydrogens is 1500 g/mol. The molecular formula is C112H88B2N6OS. The molecule has 0 atom stereocenters. The molecule has 6 aliphatic rings. The maximum atomic E-state index is 7.20. The lowest BCUT2D eigenvalue weighted by atomic mass is 9.35. The second-order valence-corrected chi connectivity index (χ2v) is 34.5. The molecule has 2 aliphatic carbocycles. The van der Waals surface area contributed by atoms with Crippen LogP contribution in [0.5, 0.6) is 0 Å². The number of fused-ring (bicyclic) bond motifs is 12. The average Bonchev–Trinajstić information content (AvgIpc) is 1.36. The van der Waals surface area contributed by atoms with Crippen molar-refractivity contribution in [2.45, 2.75) is 76.0 Å². The van der Waals surface area contributed by atoms with Gasteiger partial charge in [0, 0.05) is 111 Å². The van der Waals surface area contributed by atoms with Crippen LogP contribution < -0.4 is 61.7 Å². The van der Waals surface area contributed by atoms with E-state index in [1.165, 1.54) is 180 Å². The molecule has 0 saturated heterocycles. The Bertz CT molecular complexity index is 6410. The Morgan fingerprint density at radius 1 is 0.270 bits per heavy atom. The van der Waals surface area contributed by atoms with Crippen LogP contribution in [-0.4, -0.2) is 13.4 Å². The highest BCUT2D eigenvalue weighted by Gasteiger charge is 2.49. The van der Waals surface area contributed by atoms with Crippen LogP contribution in [0.4, 0.5) is 102 Å². The maximum Gasteiger partial charge on any atom is 0.297 e. The molecule has 122 heavy (non-hydrogen) atoms. The van der Waals surface area contributed by atoms with E-state index in [1.54, 1.807) is 0 Å². The molecule has 0 spiro atoms. The van der Waals surface area contributed by atoms with Crippen molar-refractivity contribution in [1.29, 1.82) is 0 Å². The summed E-state index contributed by atoms with van der Waals surface area (Å²) in [5.41, 5.74) is 36.1. The van der Waals surface area contributed by atoms with Crippen molar-refractivity contribution >= 4 is 180 Å². The molecule has 7 nitrogen and oxygen atoms in total. The van der Waals surface area contributed by atoms with Crippen LogP contribution in [0.25, 0.3) is 43.3 Å². The Kier molecular flexibility index (Phi) is 18.7. The number of thiophene rings is 1. The minimum atomic E-state index is -0.132. The minimum Gasteiger partial charge on any atom is -0.468 e. The van der Waals surface area contributed by atoms with Crippen molar-refractivity contribution in [3.8, 4) is 22.3 Å². The highest BCUT2D eigenvalue weighted by atomic mass is 32.1. The van der Waals surface area contributed by atoms with Gasteiger partial charge in [0.1, 0.15) is 5.58 Å². The van der Waals surface area contributed by atoms with Crippen LogP contribution in [0.1, 0.15) is 87.2 Å². The molecule has 4 aliphatic heterocycles. The predicted octanol–water partition coefficient (Wildman–Crippen LogP) is 27.9. The fourth-order valence-corrected chi connectivity index (χ4v) is 22.2. The summed E-state index contributed by atoms with van der Waals surface area (Å²) in [6.07, 6.45) is 12.6. The third-order valence-corrected chi connectivity index (χ3v) is 27.6. The number of para-hydroxylation sites is 7. The van der Waals surface area contributed by atoms with Gasteiger partial charge in [-0.25, -0.2) is 0 Å². The first-order valence-corrected chi connectivity index (χ1v) is 44.5. The van der Waals surface area contributed by atoms with E-state index in [0.717, 1.165) is 73.5 Å². The van der Waals surface area contributed by atoms with Gasteiger partial charge in [0.15, 0.2) is 0 Å². The second kappa shape index (κ2) is 31.3. The Morgan fingerprint density at radius 3 is 1.09 bits per heavy atom. The standard InChI is InChI=1S/C56H44BN3O.C56H44BN3S/c2*1-6-19-39(20-7-1)41-23-18-30-46(35-41)60-52-37-42(40-21-8-2-9-22-40)36-51-54(52)57(56-55(60)48-31-16-17-32-53(48)61-56)49-34-33-47(38-50(49)59(51)45-28-14-5-15-29-45)58(43-24-10-3-11-25-43)44-26-12-4-13-27-44/h2*1,3-7,10-20,23-38,40H,2,8-9,21-22H2. The fourth-order valence-electron chi connectivity index (χ4n) is 20.9. The van der Waals surface area contributed by atoms with Crippen molar-refractivity contribution in [3.05, 3.63) is 412 Å². The molecule has 16 aromatic carbocycles. The monoisotopic (exact) mass is 1590 g/mol. The largest absolute Gasteiger partial charge is 0.468 e. The summed E-state index contributed by atoms with van der Waals surface area (Å²) >= 11 is 1.96. The molecule has 10 heteroatoms. The van der Waals surface area contributed by atoms with E-state index in [4.69, 9.17) is 4.42 Å². The van der Waals surface area contributed by atoms with Gasteiger partial charge in [0.05, 0.1) is 17.0 Å². The first-order valence-electron chi connectivity index (χ1n) is 43.7. The number of benzene rings is 16. The van der Waals surface area contributed by atoms with Crippen LogP contribution in [-0.2, 0) is 0 Å². The molecule has 6 heterocycles. The van der Waals surface area contributed by atoms with Gasteiger partial charge >= 0.3 is 0 Å². The van der Waals surface area contributed by atoms with Gasteiger partial charge in [0.2, 0.25) is 0 Å². The molecule has 0 unspecified atom stereocenters. The molecule has 0 N–H and O–H groups in total. The number of nitrogens with zero attached hydrogens (tertiary/aromatic N) is 6. The Hall–Kier alpha value is -14.1. The van der Waals surface area contributed by atoms with Crippen LogP contribution in [0.15, 0.2) is 405 Å². The van der Waals surface area contributed by atoms with Crippen molar-refractivity contribution in [1.82, 2.24) is 0 Å². The van der Waals surface area contributed by atoms with Gasteiger partial charge in [-0.2, -0.15) is 0 Å². The van der Waals surface area contributed by atoms with E-state index in [-0.39, 0.29) is 13.4 Å². The molecule has 18 aromatic rings. The lowest BCUT2D eigenvalue weighted by Crippen LogP contribution is -2.61. The van der Waals surface area contributed by atoms with Crippen molar-refractivity contribution in [2.75, 3.05) is 29.4 Å². The van der Waals surface area contributed by atoms with E-state index in [1.807, 2.05) is 11.3 Å². The van der Waals surface area contributed by atoms with Gasteiger partial charge in [-0.1, -0.05) is 275 Å². The molecule has 2 fully saturated rings. The smallest absolute Gasteiger partial charge is 0.297 e. The lowest BCUT2D eigenvalue weighted by Gasteiger charge is -2.44. The summed E-state index contributed by atoms with van der Waals surface area (Å²) in [5.74, 6) is 1.01. The number of furan rings is 1. The Balaban J connectivity index is 0.000000142. The molecule has 24 rings (SSSR count). The van der Waals surface area contributed by atoms with Gasteiger partial charge in [-0.3, -0.25) is 0 Å². The molecule has 0 radical (unpaired) electrons. The summed E-state index contributed by atoms with van der Waals surface area (Å²) in [6.45, 7) is -0.0791. The van der Waals surface area contributed by atoms with Crippen LogP contribution in [0.3, 0.4) is 0 Å². The first-order chi connectivity index (χ1) is 60.6. The van der Waals surface area contributed by atoms with E-state index in [0.29, 0.717) is 11.8 Å². The molecule has 2 saturated carbocycles. The average molecular weight is 1590 g/mol. The number of hydrogen-bond donors (Lipinski definition) is 0. The van der Waals surface area contributed by atoms with E-state index < -0.39 is 0 Å². The zero-order chi connectivity index (χ0) is 80.6. The van der Waals surface area contributed by atoms with E-state index in [9.17, 15) is 0 Å². The molecule has 2 aromatic heterocycles. The predicted molar refractivity (Wildman–Crippen MR) is 518 cm³/mol. The number of rotatable bonds is 14. The topological polar surface area (TPSA) is 32.6 Å². The van der Waals surface area contributed by atoms with Gasteiger partial charge in [-0.05, 0) is 257 Å². The maximum absolute atomic E-state index is 7.20. The third-order valence-electron chi connectivity index (χ3n) is 26.3. The minimum absolute atomic E-state index is 0.0530. The lowest BCUT2D eigenvalue weighted by molar-refractivity contribution is 0.444. The Morgan fingerprint density at radius 2 is 0.631 bits per heavy atom. The Labute approximate surface area is 719 Å². The van der Waals surface area contributed by atoms with Crippen molar-refractivity contribution in [2.24, 2.45) is 0 Å². The van der Waals surface area contributed by atoms with E-state index in [2.05, 4.69) is 430 Å². The zero-order valence-electron chi connectivity index (χ0n) is 68.0. The summed E-state index contributed by atoms with van der Waals surface area (Å²) in [5, 5.41) is 2.44. The van der Waals surface area contributed by atoms with Crippen molar-refractivity contribution < 1.29 is 4.42 Å². The highest BCUT2D eigenvalue weighted by Crippen LogP contribution is 2.54. The first kappa shape index (κ1) is 73.1. The second-order valence-electron chi connectivity index (χ2n) is 33.4. The summed E-state index contributed by atoms with van der Waals surface area (Å²) in [4.78, 5) is 15.1. The van der Waals surface area contributed by atoms with Gasteiger partial charge in [0.25, 0.3) is 13.4 Å². The fraction of sp³-hybridized carbons (Fsp3) is 0.107. The molecule has 584 valence electrons. The van der Waals surface area contributed by atoms with Crippen LogP contribution in [0, 0.1) is 0 Å². The van der Waals surface area contributed by atoms with Crippen LogP contribution >= 0.6 is 11.3 Å². The van der Waals surface area contributed by atoms with Crippen LogP contribution in [0.2, 0.25) is 0 Å². The SMILES string of the molecule is c1ccc(-c2cccc(N3c4cc(C5CCCCC5)cc5c4B(c4ccc(N(c6ccccc6)c6ccccc6)cc4N5c4ccccc4)c4oc5ccccc5c43)c2)cc1.c1ccc(-c2cccc(N3c4cc(C5CCCCC5)cc5c4B(c4ccc(N(c6ccccc6)c6ccccc6)cc4N5c4ccccc4)c4sc5ccccc5c43)c2)cc1. The summed E-state index contributed by atoms with van der Waals surface area (Å²) in [7, 11) is 0. The summed E-state index contributed by atoms with van der Waals surface area (Å²) in [6, 6.07) is 147. The number of anilines is 18. The van der Waals surface area contributed by atoms with Gasteiger partial charge < -0.3 is 33.8 Å².